The maximum Gasteiger partial charge on any atom is 0.215 e. The molecule has 4 nitrogen and oxygen atoms in total. The molecule has 0 fully saturated rings. The Bertz CT molecular complexity index is 563. The third-order valence-corrected chi connectivity index (χ3v) is 2.36. The van der Waals surface area contributed by atoms with Gasteiger partial charge < -0.3 is 19.7 Å². The number of hydrogen-bond donors (Lipinski definition) is 2. The number of ether oxygens (including phenoxy) is 2. The van der Waals surface area contributed by atoms with E-state index >= 15 is 0 Å². The molecule has 1 aliphatic rings. The predicted octanol–water partition coefficient (Wildman–Crippen LogP) is 3.00. The van der Waals surface area contributed by atoms with Crippen molar-refractivity contribution in [1.29, 1.82) is 0 Å². The van der Waals surface area contributed by atoms with E-state index in [-0.39, 0.29) is 17.2 Å². The van der Waals surface area contributed by atoms with Gasteiger partial charge in [0.05, 0.1) is 0 Å². The predicted molar refractivity (Wildman–Crippen MR) is 56.4 cm³/mol. The highest BCUT2D eigenvalue weighted by molar-refractivity contribution is 5.63. The number of aromatic hydroxyl groups is 2. The number of phenols is 2. The largest absolute Gasteiger partial charge is 0.504 e. The lowest BCUT2D eigenvalue weighted by Crippen LogP contribution is -1.98. The number of phenolic OH excluding ortho intramolecular Hbond substituents is 2. The molecule has 2 aromatic rings. The molecule has 0 amide bonds. The SMILES string of the molecule is Oc1ccc2c(c1O)Oc1ccccc1O2. The van der Waals surface area contributed by atoms with E-state index in [2.05, 4.69) is 0 Å². The van der Waals surface area contributed by atoms with Crippen LogP contribution in [0.15, 0.2) is 36.4 Å². The van der Waals surface area contributed by atoms with Crippen LogP contribution in [0.5, 0.6) is 34.5 Å². The van der Waals surface area contributed by atoms with Crippen LogP contribution >= 0.6 is 0 Å². The second kappa shape index (κ2) is 3.06. The number of rotatable bonds is 0. The molecule has 0 atom stereocenters. The topological polar surface area (TPSA) is 58.9 Å². The van der Waals surface area contributed by atoms with Crippen molar-refractivity contribution in [1.82, 2.24) is 0 Å². The number of benzene rings is 2. The van der Waals surface area contributed by atoms with Crippen LogP contribution in [0, 0.1) is 0 Å². The van der Waals surface area contributed by atoms with Crippen molar-refractivity contribution in [2.75, 3.05) is 0 Å². The Morgan fingerprint density at radius 1 is 0.750 bits per heavy atom. The fraction of sp³-hybridized carbons (Fsp3) is 0. The van der Waals surface area contributed by atoms with Crippen molar-refractivity contribution in [2.45, 2.75) is 0 Å². The Kier molecular flexibility index (Phi) is 1.71. The normalized spacial score (nSPS) is 12.0. The Labute approximate surface area is 91.3 Å². The zero-order chi connectivity index (χ0) is 11.1. The van der Waals surface area contributed by atoms with Gasteiger partial charge in [0.15, 0.2) is 23.0 Å². The van der Waals surface area contributed by atoms with Crippen molar-refractivity contribution in [3.05, 3.63) is 36.4 Å². The molecular weight excluding hydrogens is 208 g/mol. The highest BCUT2D eigenvalue weighted by Crippen LogP contribution is 2.51. The minimum absolute atomic E-state index is 0.138. The van der Waals surface area contributed by atoms with Crippen molar-refractivity contribution in [3.63, 3.8) is 0 Å². The van der Waals surface area contributed by atoms with E-state index in [1.165, 1.54) is 6.07 Å². The molecule has 80 valence electrons. The van der Waals surface area contributed by atoms with Gasteiger partial charge in [0.1, 0.15) is 0 Å². The van der Waals surface area contributed by atoms with E-state index in [0.29, 0.717) is 17.2 Å². The lowest BCUT2D eigenvalue weighted by molar-refractivity contribution is 0.325. The summed E-state index contributed by atoms with van der Waals surface area (Å²) < 4.78 is 11.0. The van der Waals surface area contributed by atoms with Gasteiger partial charge in [-0.15, -0.1) is 0 Å². The lowest BCUT2D eigenvalue weighted by atomic mass is 10.2. The number of para-hydroxylation sites is 2. The summed E-state index contributed by atoms with van der Waals surface area (Å²) in [5.74, 6) is 1.07. The second-order valence-electron chi connectivity index (χ2n) is 3.41. The van der Waals surface area contributed by atoms with Crippen LogP contribution in [0.25, 0.3) is 0 Å². The first-order valence-electron chi connectivity index (χ1n) is 4.75. The Balaban J connectivity index is 2.16. The van der Waals surface area contributed by atoms with Gasteiger partial charge in [0.25, 0.3) is 0 Å². The van der Waals surface area contributed by atoms with Gasteiger partial charge in [-0.25, -0.2) is 0 Å². The minimum atomic E-state index is -0.313. The minimum Gasteiger partial charge on any atom is -0.504 e. The van der Waals surface area contributed by atoms with E-state index in [1.54, 1.807) is 24.3 Å². The monoisotopic (exact) mass is 216 g/mol. The van der Waals surface area contributed by atoms with Crippen molar-refractivity contribution >= 4 is 0 Å². The molecular formula is C12H8O4. The second-order valence-corrected chi connectivity index (χ2v) is 3.41. The summed E-state index contributed by atoms with van der Waals surface area (Å²) in [4.78, 5) is 0. The van der Waals surface area contributed by atoms with Crippen molar-refractivity contribution in [3.8, 4) is 34.5 Å². The molecule has 0 saturated heterocycles. The quantitative estimate of drug-likeness (QED) is 0.567. The van der Waals surface area contributed by atoms with Crippen LogP contribution in [0.1, 0.15) is 0 Å². The van der Waals surface area contributed by atoms with E-state index < -0.39 is 0 Å². The summed E-state index contributed by atoms with van der Waals surface area (Å²) in [7, 11) is 0. The van der Waals surface area contributed by atoms with Crippen LogP contribution < -0.4 is 9.47 Å². The maximum atomic E-state index is 9.61. The molecule has 2 aromatic carbocycles. The molecule has 0 aromatic heterocycles. The molecule has 0 aliphatic carbocycles. The summed E-state index contributed by atoms with van der Waals surface area (Å²) in [5.41, 5.74) is 0. The number of hydrogen-bond acceptors (Lipinski definition) is 4. The molecule has 3 rings (SSSR count). The third kappa shape index (κ3) is 1.16. The van der Waals surface area contributed by atoms with E-state index in [1.807, 2.05) is 6.07 Å². The molecule has 0 bridgehead atoms. The Hall–Kier alpha value is -2.36. The van der Waals surface area contributed by atoms with Crippen LogP contribution in [-0.4, -0.2) is 10.2 Å². The summed E-state index contributed by atoms with van der Waals surface area (Å²) in [6.07, 6.45) is 0. The van der Waals surface area contributed by atoms with Crippen molar-refractivity contribution < 1.29 is 19.7 Å². The first-order chi connectivity index (χ1) is 7.75. The summed E-state index contributed by atoms with van der Waals surface area (Å²) in [6, 6.07) is 10.0. The zero-order valence-corrected chi connectivity index (χ0v) is 8.18. The Morgan fingerprint density at radius 2 is 1.44 bits per heavy atom. The van der Waals surface area contributed by atoms with Gasteiger partial charge in [-0.05, 0) is 24.3 Å². The summed E-state index contributed by atoms with van der Waals surface area (Å²) >= 11 is 0. The molecule has 2 N–H and O–H groups in total. The molecule has 4 heteroatoms. The molecule has 0 radical (unpaired) electrons. The first-order valence-corrected chi connectivity index (χ1v) is 4.75. The van der Waals surface area contributed by atoms with Crippen molar-refractivity contribution in [2.24, 2.45) is 0 Å². The molecule has 0 saturated carbocycles. The summed E-state index contributed by atoms with van der Waals surface area (Å²) in [6.45, 7) is 0. The van der Waals surface area contributed by atoms with Crippen LogP contribution in [0.2, 0.25) is 0 Å². The van der Waals surface area contributed by atoms with Gasteiger partial charge in [0, 0.05) is 0 Å². The van der Waals surface area contributed by atoms with E-state index in [9.17, 15) is 10.2 Å². The highest BCUT2D eigenvalue weighted by atomic mass is 16.6. The van der Waals surface area contributed by atoms with Gasteiger partial charge in [0.2, 0.25) is 11.5 Å². The van der Waals surface area contributed by atoms with Gasteiger partial charge in [-0.2, -0.15) is 0 Å². The average molecular weight is 216 g/mol. The number of fused-ring (bicyclic) bond motifs is 2. The van der Waals surface area contributed by atoms with Gasteiger partial charge in [-0.1, -0.05) is 12.1 Å². The average Bonchev–Trinajstić information content (AvgIpc) is 2.32. The molecule has 0 spiro atoms. The van der Waals surface area contributed by atoms with Crippen LogP contribution in [-0.2, 0) is 0 Å². The zero-order valence-electron chi connectivity index (χ0n) is 8.18. The third-order valence-electron chi connectivity index (χ3n) is 2.36. The molecule has 0 unspecified atom stereocenters. The van der Waals surface area contributed by atoms with Crippen LogP contribution in [0.3, 0.4) is 0 Å². The smallest absolute Gasteiger partial charge is 0.215 e. The first kappa shape index (κ1) is 8.91. The maximum absolute atomic E-state index is 9.61. The standard InChI is InChI=1S/C12H8O4/c13-7-5-6-10-12(11(7)14)16-9-4-2-1-3-8(9)15-10/h1-6,13-14H. The lowest BCUT2D eigenvalue weighted by Gasteiger charge is -2.21. The highest BCUT2D eigenvalue weighted by Gasteiger charge is 2.23. The Morgan fingerprint density at radius 3 is 2.19 bits per heavy atom. The molecule has 16 heavy (non-hydrogen) atoms. The van der Waals surface area contributed by atoms with E-state index in [4.69, 9.17) is 9.47 Å². The van der Waals surface area contributed by atoms with E-state index in [0.717, 1.165) is 0 Å². The van der Waals surface area contributed by atoms with Gasteiger partial charge >= 0.3 is 0 Å². The molecule has 1 heterocycles. The summed E-state index contributed by atoms with van der Waals surface area (Å²) in [5, 5.41) is 19.0. The molecule has 1 aliphatic heterocycles. The fourth-order valence-electron chi connectivity index (χ4n) is 1.57. The fourth-order valence-corrected chi connectivity index (χ4v) is 1.57. The van der Waals surface area contributed by atoms with Gasteiger partial charge in [-0.3, -0.25) is 0 Å². The van der Waals surface area contributed by atoms with Crippen LogP contribution in [0.4, 0.5) is 0 Å².